The number of hydrogen-bond donors (Lipinski definition) is 1. The maximum atomic E-state index is 13.4. The predicted molar refractivity (Wildman–Crippen MR) is 140 cm³/mol. The average molecular weight is 492 g/mol. The van der Waals surface area contributed by atoms with Gasteiger partial charge in [0.15, 0.2) is 0 Å². The molecule has 1 N–H and O–H groups in total. The first-order valence-corrected chi connectivity index (χ1v) is 12.9. The maximum absolute atomic E-state index is 13.4. The number of benzene rings is 2. The molecule has 2 saturated heterocycles. The first-order valence-electron chi connectivity index (χ1n) is 12.9. The molecule has 6 heteroatoms. The lowest BCUT2D eigenvalue weighted by Crippen LogP contribution is -2.36. The van der Waals surface area contributed by atoms with Crippen molar-refractivity contribution in [1.82, 2.24) is 4.90 Å². The number of carbonyl (C=O) groups excluding carboxylic acids is 2. The van der Waals surface area contributed by atoms with Crippen LogP contribution in [0.2, 0.25) is 0 Å². The summed E-state index contributed by atoms with van der Waals surface area (Å²) in [4.78, 5) is 28.2. The van der Waals surface area contributed by atoms with Gasteiger partial charge in [0.2, 0.25) is 0 Å². The van der Waals surface area contributed by atoms with Gasteiger partial charge in [-0.2, -0.15) is 0 Å². The number of ether oxygens (including phenoxy) is 2. The van der Waals surface area contributed by atoms with Crippen LogP contribution in [0, 0.1) is 0 Å². The summed E-state index contributed by atoms with van der Waals surface area (Å²) < 4.78 is 11.6. The lowest BCUT2D eigenvalue weighted by Gasteiger charge is -2.28. The van der Waals surface area contributed by atoms with E-state index in [1.807, 2.05) is 43.3 Å². The molecule has 2 fully saturated rings. The van der Waals surface area contributed by atoms with Crippen LogP contribution >= 0.6 is 0 Å². The van der Waals surface area contributed by atoms with E-state index in [0.717, 1.165) is 41.7 Å². The normalized spacial score (nSPS) is 21.9. The summed E-state index contributed by atoms with van der Waals surface area (Å²) >= 11 is 0. The Morgan fingerprint density at radius 2 is 1.83 bits per heavy atom. The number of nitrogens with zero attached hydrogens (tertiary/aromatic N) is 1. The van der Waals surface area contributed by atoms with Crippen molar-refractivity contribution >= 4 is 17.4 Å². The Bertz CT molecular complexity index is 1150. The van der Waals surface area contributed by atoms with Crippen molar-refractivity contribution in [2.45, 2.75) is 71.4 Å². The topological polar surface area (TPSA) is 76.1 Å². The lowest BCUT2D eigenvalue weighted by molar-refractivity contribution is -0.140. The van der Waals surface area contributed by atoms with E-state index >= 15 is 0 Å². The maximum Gasteiger partial charge on any atom is 0.295 e. The van der Waals surface area contributed by atoms with Crippen molar-refractivity contribution in [3.05, 3.63) is 70.3 Å². The highest BCUT2D eigenvalue weighted by atomic mass is 16.5. The third-order valence-corrected chi connectivity index (χ3v) is 7.03. The van der Waals surface area contributed by atoms with Crippen LogP contribution < -0.4 is 4.74 Å². The molecule has 6 nitrogen and oxygen atoms in total. The van der Waals surface area contributed by atoms with Crippen LogP contribution in [-0.2, 0) is 26.2 Å². The fraction of sp³-hybridized carbons (Fsp3) is 0.467. The number of amides is 1. The highest BCUT2D eigenvalue weighted by molar-refractivity contribution is 6.46. The largest absolute Gasteiger partial charge is 0.507 e. The van der Waals surface area contributed by atoms with Crippen molar-refractivity contribution in [3.8, 4) is 5.75 Å². The molecule has 2 aromatic carbocycles. The molecule has 36 heavy (non-hydrogen) atoms. The minimum atomic E-state index is -0.676. The molecule has 4 rings (SSSR count). The van der Waals surface area contributed by atoms with Gasteiger partial charge in [-0.1, -0.05) is 52.0 Å². The number of Topliss-reactive ketones (excluding diaryl/α,β-unsaturated/α-hetero) is 1. The van der Waals surface area contributed by atoms with E-state index in [4.69, 9.17) is 9.47 Å². The number of likely N-dealkylation sites (tertiary alicyclic amines) is 1. The number of aliphatic hydroxyl groups excluding tert-OH is 1. The molecular weight excluding hydrogens is 454 g/mol. The Labute approximate surface area is 213 Å². The van der Waals surface area contributed by atoms with Gasteiger partial charge in [0, 0.05) is 24.3 Å². The van der Waals surface area contributed by atoms with E-state index in [1.54, 1.807) is 11.0 Å². The van der Waals surface area contributed by atoms with E-state index in [9.17, 15) is 14.7 Å². The molecule has 0 aromatic heterocycles. The van der Waals surface area contributed by atoms with Crippen molar-refractivity contribution in [2.75, 3.05) is 19.8 Å². The highest BCUT2D eigenvalue weighted by Crippen LogP contribution is 2.41. The Kier molecular flexibility index (Phi) is 7.55. The van der Waals surface area contributed by atoms with E-state index < -0.39 is 17.7 Å². The molecule has 0 bridgehead atoms. The van der Waals surface area contributed by atoms with E-state index in [2.05, 4.69) is 27.7 Å². The summed E-state index contributed by atoms with van der Waals surface area (Å²) in [6.07, 6.45) is 2.56. The number of rotatable bonds is 7. The van der Waals surface area contributed by atoms with Gasteiger partial charge in [-0.3, -0.25) is 9.59 Å². The van der Waals surface area contributed by atoms with Crippen LogP contribution in [0.15, 0.2) is 48.0 Å². The first kappa shape index (κ1) is 26.0. The van der Waals surface area contributed by atoms with Crippen molar-refractivity contribution in [2.24, 2.45) is 0 Å². The van der Waals surface area contributed by atoms with E-state index in [0.29, 0.717) is 25.3 Å². The standard InChI is InChI=1S/C30H37NO5/c1-6-19-10-12-20(13-11-19)26-25(28(33)29(34)31(26)18-22-9-8-16-36-22)27(32)21-14-15-24(35-7-2)23(17-21)30(3,4)5/h10-15,17,22,26,32H,6-9,16,18H2,1-5H3/b27-25-. The van der Waals surface area contributed by atoms with Crippen LogP contribution in [0.1, 0.15) is 75.8 Å². The average Bonchev–Trinajstić information content (AvgIpc) is 3.46. The van der Waals surface area contributed by atoms with Crippen LogP contribution in [0.3, 0.4) is 0 Å². The smallest absolute Gasteiger partial charge is 0.295 e. The molecule has 2 aromatic rings. The zero-order chi connectivity index (χ0) is 26.0. The molecule has 2 aliphatic rings. The van der Waals surface area contributed by atoms with Crippen molar-refractivity contribution in [3.63, 3.8) is 0 Å². The zero-order valence-corrected chi connectivity index (χ0v) is 22.0. The fourth-order valence-corrected chi connectivity index (χ4v) is 5.06. The van der Waals surface area contributed by atoms with Crippen LogP contribution in [0.5, 0.6) is 5.75 Å². The third-order valence-electron chi connectivity index (χ3n) is 7.03. The minimum absolute atomic E-state index is 0.112. The second kappa shape index (κ2) is 10.5. The number of ketones is 1. The first-order chi connectivity index (χ1) is 17.2. The van der Waals surface area contributed by atoms with Gasteiger partial charge in [0.25, 0.3) is 11.7 Å². The van der Waals surface area contributed by atoms with E-state index in [-0.39, 0.29) is 22.9 Å². The van der Waals surface area contributed by atoms with Crippen LogP contribution in [0.25, 0.3) is 5.76 Å². The van der Waals surface area contributed by atoms with Gasteiger partial charge in [0.05, 0.1) is 24.3 Å². The Hall–Kier alpha value is -3.12. The molecule has 0 saturated carbocycles. The van der Waals surface area contributed by atoms with Crippen molar-refractivity contribution in [1.29, 1.82) is 0 Å². The molecule has 2 atom stereocenters. The Balaban J connectivity index is 1.84. The number of aryl methyl sites for hydroxylation is 1. The van der Waals surface area contributed by atoms with Gasteiger partial charge < -0.3 is 19.5 Å². The van der Waals surface area contributed by atoms with Gasteiger partial charge in [-0.05, 0) is 60.9 Å². The highest BCUT2D eigenvalue weighted by Gasteiger charge is 2.47. The zero-order valence-electron chi connectivity index (χ0n) is 22.0. The molecule has 0 radical (unpaired) electrons. The SMILES string of the molecule is CCOc1ccc(/C(O)=C2/C(=O)C(=O)N(CC3CCCO3)C2c2ccc(CC)cc2)cc1C(C)(C)C. The summed E-state index contributed by atoms with van der Waals surface area (Å²) in [5.41, 5.74) is 3.25. The molecule has 2 aliphatic heterocycles. The molecule has 2 unspecified atom stereocenters. The summed E-state index contributed by atoms with van der Waals surface area (Å²) in [7, 11) is 0. The summed E-state index contributed by atoms with van der Waals surface area (Å²) in [5, 5.41) is 11.5. The van der Waals surface area contributed by atoms with Gasteiger partial charge >= 0.3 is 0 Å². The molecule has 1 amide bonds. The van der Waals surface area contributed by atoms with Gasteiger partial charge in [-0.15, -0.1) is 0 Å². The van der Waals surface area contributed by atoms with Crippen molar-refractivity contribution < 1.29 is 24.2 Å². The van der Waals surface area contributed by atoms with Crippen LogP contribution in [0.4, 0.5) is 0 Å². The fourth-order valence-electron chi connectivity index (χ4n) is 5.06. The Morgan fingerprint density at radius 1 is 1.11 bits per heavy atom. The van der Waals surface area contributed by atoms with Gasteiger partial charge in [-0.25, -0.2) is 0 Å². The molecule has 2 heterocycles. The number of aliphatic hydroxyl groups is 1. The predicted octanol–water partition coefficient (Wildman–Crippen LogP) is 5.55. The second-order valence-electron chi connectivity index (χ2n) is 10.6. The molecule has 192 valence electrons. The number of carbonyl (C=O) groups is 2. The van der Waals surface area contributed by atoms with Crippen LogP contribution in [-0.4, -0.2) is 47.6 Å². The molecule has 0 spiro atoms. The van der Waals surface area contributed by atoms with E-state index in [1.165, 1.54) is 0 Å². The second-order valence-corrected chi connectivity index (χ2v) is 10.6. The summed E-state index contributed by atoms with van der Waals surface area (Å²) in [6.45, 7) is 11.7. The quantitative estimate of drug-likeness (QED) is 0.312. The Morgan fingerprint density at radius 3 is 2.42 bits per heavy atom. The third kappa shape index (κ3) is 5.05. The lowest BCUT2D eigenvalue weighted by atomic mass is 9.84. The summed E-state index contributed by atoms with van der Waals surface area (Å²) in [5.74, 6) is -0.687. The molecule has 0 aliphatic carbocycles. The van der Waals surface area contributed by atoms with Gasteiger partial charge in [0.1, 0.15) is 11.5 Å². The monoisotopic (exact) mass is 491 g/mol. The number of hydrogen-bond acceptors (Lipinski definition) is 5. The molecular formula is C30H37NO5. The minimum Gasteiger partial charge on any atom is -0.507 e. The summed E-state index contributed by atoms with van der Waals surface area (Å²) in [6, 6.07) is 12.7.